The molecule has 2 heterocycles. The first kappa shape index (κ1) is 17.4. The third-order valence-electron chi connectivity index (χ3n) is 4.63. The lowest BCUT2D eigenvalue weighted by Gasteiger charge is -2.14. The Morgan fingerprint density at radius 1 is 0.793 bits per heavy atom. The number of amides is 1. The minimum Gasteiger partial charge on any atom is -0.457 e. The molecular weight excluding hydrogens is 380 g/mol. The fourth-order valence-corrected chi connectivity index (χ4v) is 3.91. The van der Waals surface area contributed by atoms with Crippen LogP contribution in [0.5, 0.6) is 11.5 Å². The van der Waals surface area contributed by atoms with E-state index >= 15 is 0 Å². The van der Waals surface area contributed by atoms with Crippen molar-refractivity contribution in [1.29, 1.82) is 0 Å². The van der Waals surface area contributed by atoms with E-state index in [2.05, 4.69) is 4.99 Å². The zero-order valence-corrected chi connectivity index (χ0v) is 16.2. The van der Waals surface area contributed by atoms with E-state index in [1.54, 1.807) is 16.2 Å². The minimum atomic E-state index is -0.116. The largest absolute Gasteiger partial charge is 0.457 e. The highest BCUT2D eigenvalue weighted by Crippen LogP contribution is 2.37. The quantitative estimate of drug-likeness (QED) is 0.404. The highest BCUT2D eigenvalue weighted by atomic mass is 32.1. The average molecular weight is 396 g/mol. The SMILES string of the molecule is O=C1/C(=N/c2ccc(Oc3ccccc3)cc2)c2ccccc2N1c1ccsc1. The van der Waals surface area contributed by atoms with E-state index in [9.17, 15) is 4.79 Å². The number of para-hydroxylation sites is 2. The molecule has 0 saturated heterocycles. The van der Waals surface area contributed by atoms with Gasteiger partial charge in [0.1, 0.15) is 17.2 Å². The number of anilines is 2. The van der Waals surface area contributed by atoms with Gasteiger partial charge in [-0.1, -0.05) is 36.4 Å². The summed E-state index contributed by atoms with van der Waals surface area (Å²) in [6, 6.07) is 26.7. The van der Waals surface area contributed by atoms with Gasteiger partial charge in [0.2, 0.25) is 0 Å². The lowest BCUT2D eigenvalue weighted by atomic mass is 10.1. The van der Waals surface area contributed by atoms with Crippen molar-refractivity contribution in [2.75, 3.05) is 4.90 Å². The van der Waals surface area contributed by atoms with Gasteiger partial charge in [-0.2, -0.15) is 11.3 Å². The van der Waals surface area contributed by atoms with Crippen molar-refractivity contribution in [2.24, 2.45) is 4.99 Å². The van der Waals surface area contributed by atoms with Crippen LogP contribution >= 0.6 is 11.3 Å². The minimum absolute atomic E-state index is 0.116. The number of nitrogens with zero attached hydrogens (tertiary/aromatic N) is 2. The summed E-state index contributed by atoms with van der Waals surface area (Å²) in [5.74, 6) is 1.38. The number of ether oxygens (including phenoxy) is 1. The van der Waals surface area contributed by atoms with Gasteiger partial charge in [0.25, 0.3) is 5.91 Å². The summed E-state index contributed by atoms with van der Waals surface area (Å²) in [5.41, 5.74) is 3.72. The summed E-state index contributed by atoms with van der Waals surface area (Å²) < 4.78 is 5.82. The molecule has 140 valence electrons. The van der Waals surface area contributed by atoms with E-state index in [4.69, 9.17) is 4.74 Å². The molecule has 0 bridgehead atoms. The first-order valence-corrected chi connectivity index (χ1v) is 10.1. The molecule has 4 nitrogen and oxygen atoms in total. The predicted octanol–water partition coefficient (Wildman–Crippen LogP) is 6.34. The number of rotatable bonds is 4. The number of carbonyl (C=O) groups is 1. The maximum absolute atomic E-state index is 13.1. The van der Waals surface area contributed by atoms with E-state index in [0.717, 1.165) is 28.4 Å². The van der Waals surface area contributed by atoms with Crippen molar-refractivity contribution >= 4 is 40.0 Å². The zero-order chi connectivity index (χ0) is 19.6. The van der Waals surface area contributed by atoms with Crippen LogP contribution < -0.4 is 9.64 Å². The molecule has 1 aliphatic rings. The summed E-state index contributed by atoms with van der Waals surface area (Å²) in [5, 5.41) is 3.93. The van der Waals surface area contributed by atoms with Crippen molar-refractivity contribution in [3.05, 3.63) is 101 Å². The summed E-state index contributed by atoms with van der Waals surface area (Å²) in [6.45, 7) is 0. The smallest absolute Gasteiger partial charge is 0.282 e. The van der Waals surface area contributed by atoms with Crippen LogP contribution in [0.4, 0.5) is 17.1 Å². The van der Waals surface area contributed by atoms with Crippen molar-refractivity contribution in [2.45, 2.75) is 0 Å². The molecule has 0 atom stereocenters. The molecule has 0 radical (unpaired) electrons. The van der Waals surface area contributed by atoms with E-state index in [-0.39, 0.29) is 5.91 Å². The van der Waals surface area contributed by atoms with Gasteiger partial charge in [-0.05, 0) is 53.9 Å². The standard InChI is InChI=1S/C24H16N2O2S/c27-24-23(21-8-4-5-9-22(21)26(24)18-14-15-29-16-18)25-17-10-12-20(13-11-17)28-19-6-2-1-3-7-19/h1-16H/b25-23+. The van der Waals surface area contributed by atoms with E-state index in [1.165, 1.54) is 0 Å². The molecule has 5 rings (SSSR count). The van der Waals surface area contributed by atoms with Gasteiger partial charge >= 0.3 is 0 Å². The molecule has 29 heavy (non-hydrogen) atoms. The number of thiophene rings is 1. The van der Waals surface area contributed by atoms with Gasteiger partial charge in [-0.3, -0.25) is 9.69 Å². The Balaban J connectivity index is 1.46. The van der Waals surface area contributed by atoms with Crippen LogP contribution in [0.3, 0.4) is 0 Å². The molecular formula is C24H16N2O2S. The van der Waals surface area contributed by atoms with Crippen molar-refractivity contribution in [3.8, 4) is 11.5 Å². The Morgan fingerprint density at radius 2 is 1.52 bits per heavy atom. The second-order valence-electron chi connectivity index (χ2n) is 6.51. The van der Waals surface area contributed by atoms with E-state index in [0.29, 0.717) is 11.4 Å². The fourth-order valence-electron chi connectivity index (χ4n) is 3.29. The lowest BCUT2D eigenvalue weighted by molar-refractivity contribution is -0.111. The molecule has 1 aromatic heterocycles. The number of carbonyl (C=O) groups excluding carboxylic acids is 1. The highest BCUT2D eigenvalue weighted by Gasteiger charge is 2.34. The Labute approximate surface area is 172 Å². The Morgan fingerprint density at radius 3 is 2.28 bits per heavy atom. The molecule has 1 amide bonds. The zero-order valence-electron chi connectivity index (χ0n) is 15.4. The molecule has 4 aromatic rings. The maximum Gasteiger partial charge on any atom is 0.282 e. The molecule has 5 heteroatoms. The molecule has 1 aliphatic heterocycles. The third-order valence-corrected chi connectivity index (χ3v) is 5.30. The van der Waals surface area contributed by atoms with Crippen molar-refractivity contribution < 1.29 is 9.53 Å². The summed E-state index contributed by atoms with van der Waals surface area (Å²) in [6.07, 6.45) is 0. The molecule has 3 aromatic carbocycles. The van der Waals surface area contributed by atoms with Crippen LogP contribution in [0, 0.1) is 0 Å². The Hall–Kier alpha value is -3.70. The van der Waals surface area contributed by atoms with Gasteiger partial charge in [0, 0.05) is 10.9 Å². The summed E-state index contributed by atoms with van der Waals surface area (Å²) >= 11 is 1.56. The van der Waals surface area contributed by atoms with Crippen LogP contribution in [-0.2, 0) is 4.79 Å². The van der Waals surface area contributed by atoms with Crippen LogP contribution in [0.1, 0.15) is 5.56 Å². The average Bonchev–Trinajstić information content (AvgIpc) is 3.37. The van der Waals surface area contributed by atoms with Crippen LogP contribution in [0.15, 0.2) is 101 Å². The fraction of sp³-hybridized carbons (Fsp3) is 0. The maximum atomic E-state index is 13.1. The second kappa shape index (κ2) is 7.37. The number of hydrogen-bond donors (Lipinski definition) is 0. The monoisotopic (exact) mass is 396 g/mol. The second-order valence-corrected chi connectivity index (χ2v) is 7.29. The molecule has 0 unspecified atom stereocenters. The van der Waals surface area contributed by atoms with Crippen molar-refractivity contribution in [3.63, 3.8) is 0 Å². The van der Waals surface area contributed by atoms with Crippen LogP contribution in [0.25, 0.3) is 0 Å². The molecule has 0 fully saturated rings. The number of hydrogen-bond acceptors (Lipinski definition) is 4. The lowest BCUT2D eigenvalue weighted by Crippen LogP contribution is -2.24. The van der Waals surface area contributed by atoms with Gasteiger partial charge in [0.15, 0.2) is 0 Å². The number of benzene rings is 3. The van der Waals surface area contributed by atoms with Gasteiger partial charge < -0.3 is 4.74 Å². The summed E-state index contributed by atoms with van der Waals surface area (Å²) in [7, 11) is 0. The van der Waals surface area contributed by atoms with Crippen LogP contribution in [0.2, 0.25) is 0 Å². The normalized spacial score (nSPS) is 14.3. The Kier molecular flexibility index (Phi) is 4.42. The first-order chi connectivity index (χ1) is 14.3. The van der Waals surface area contributed by atoms with Gasteiger partial charge in [-0.15, -0.1) is 0 Å². The molecule has 0 saturated carbocycles. The van der Waals surface area contributed by atoms with Crippen LogP contribution in [-0.4, -0.2) is 11.6 Å². The molecule has 0 N–H and O–H groups in total. The third kappa shape index (κ3) is 3.32. The summed E-state index contributed by atoms with van der Waals surface area (Å²) in [4.78, 5) is 19.5. The predicted molar refractivity (Wildman–Crippen MR) is 117 cm³/mol. The number of aliphatic imine (C=N–C) groups is 1. The van der Waals surface area contributed by atoms with Gasteiger partial charge in [0.05, 0.1) is 17.1 Å². The van der Waals surface area contributed by atoms with E-state index in [1.807, 2.05) is 95.7 Å². The van der Waals surface area contributed by atoms with E-state index < -0.39 is 0 Å². The highest BCUT2D eigenvalue weighted by molar-refractivity contribution is 7.08. The Bertz CT molecular complexity index is 1180. The molecule has 0 aliphatic carbocycles. The van der Waals surface area contributed by atoms with Gasteiger partial charge in [-0.25, -0.2) is 4.99 Å². The first-order valence-electron chi connectivity index (χ1n) is 9.17. The topological polar surface area (TPSA) is 41.9 Å². The molecule has 0 spiro atoms. The number of fused-ring (bicyclic) bond motifs is 1. The van der Waals surface area contributed by atoms with Crippen molar-refractivity contribution in [1.82, 2.24) is 0 Å².